The predicted octanol–water partition coefficient (Wildman–Crippen LogP) is -0.829. The van der Waals surface area contributed by atoms with Gasteiger partial charge in [0.1, 0.15) is 11.6 Å². The van der Waals surface area contributed by atoms with Crippen molar-refractivity contribution < 1.29 is 9.84 Å². The molecule has 0 aromatic carbocycles. The highest BCUT2D eigenvalue weighted by Crippen LogP contribution is 2.13. The molecule has 0 amide bonds. The van der Waals surface area contributed by atoms with E-state index in [1.807, 2.05) is 4.90 Å². The molecule has 0 radical (unpaired) electrons. The lowest BCUT2D eigenvalue weighted by molar-refractivity contribution is 0.202. The van der Waals surface area contributed by atoms with Crippen LogP contribution >= 0.6 is 0 Å². The molecule has 2 rings (SSSR count). The Balaban J connectivity index is 2.39. The Labute approximate surface area is 109 Å². The van der Waals surface area contributed by atoms with Gasteiger partial charge in [0, 0.05) is 26.3 Å². The summed E-state index contributed by atoms with van der Waals surface area (Å²) in [5.74, 6) is 1.21. The van der Waals surface area contributed by atoms with E-state index in [2.05, 4.69) is 15.2 Å². The van der Waals surface area contributed by atoms with E-state index >= 15 is 0 Å². The normalized spacial score (nSPS) is 11.1. The van der Waals surface area contributed by atoms with Crippen LogP contribution in [0.25, 0.3) is 5.65 Å². The fraction of sp³-hybridized carbons (Fsp3) is 0.545. The summed E-state index contributed by atoms with van der Waals surface area (Å²) in [5.41, 5.74) is 0.199. The standard InChI is InChI=1S/C11H17N5O3/c1-8-12-9(15(3-5-17)4-6-19-2)7-10-13-14-11(18)16(8)10/h7,17H,3-6H2,1-2H3,(H,14,18). The van der Waals surface area contributed by atoms with E-state index in [9.17, 15) is 4.79 Å². The van der Waals surface area contributed by atoms with Crippen molar-refractivity contribution in [3.05, 3.63) is 22.4 Å². The van der Waals surface area contributed by atoms with E-state index < -0.39 is 0 Å². The summed E-state index contributed by atoms with van der Waals surface area (Å²) < 4.78 is 6.43. The minimum atomic E-state index is -0.308. The number of nitrogens with one attached hydrogen (secondary N) is 1. The average molecular weight is 267 g/mol. The van der Waals surface area contributed by atoms with Crippen LogP contribution in [0.3, 0.4) is 0 Å². The van der Waals surface area contributed by atoms with Crippen LogP contribution in [0.4, 0.5) is 5.82 Å². The van der Waals surface area contributed by atoms with Gasteiger partial charge in [-0.2, -0.15) is 5.10 Å². The van der Waals surface area contributed by atoms with Crippen molar-refractivity contribution in [2.75, 3.05) is 38.3 Å². The number of fused-ring (bicyclic) bond motifs is 1. The highest BCUT2D eigenvalue weighted by Gasteiger charge is 2.12. The van der Waals surface area contributed by atoms with Crippen LogP contribution in [0.2, 0.25) is 0 Å². The zero-order chi connectivity index (χ0) is 13.8. The Morgan fingerprint density at radius 1 is 1.53 bits per heavy atom. The third kappa shape index (κ3) is 2.74. The topological polar surface area (TPSA) is 95.8 Å². The van der Waals surface area contributed by atoms with Gasteiger partial charge in [-0.3, -0.25) is 0 Å². The van der Waals surface area contributed by atoms with Crippen molar-refractivity contribution in [1.82, 2.24) is 19.6 Å². The first-order valence-corrected chi connectivity index (χ1v) is 5.97. The maximum Gasteiger partial charge on any atom is 0.349 e. The summed E-state index contributed by atoms with van der Waals surface area (Å²) in [6.07, 6.45) is 0. The van der Waals surface area contributed by atoms with Crippen molar-refractivity contribution in [2.24, 2.45) is 0 Å². The van der Waals surface area contributed by atoms with E-state index in [1.165, 1.54) is 4.40 Å². The second-order valence-corrected chi connectivity index (χ2v) is 4.09. The third-order valence-corrected chi connectivity index (χ3v) is 2.82. The average Bonchev–Trinajstić information content (AvgIpc) is 2.76. The molecule has 0 saturated heterocycles. The number of anilines is 1. The minimum Gasteiger partial charge on any atom is -0.395 e. The van der Waals surface area contributed by atoms with Crippen LogP contribution in [-0.4, -0.2) is 58.1 Å². The van der Waals surface area contributed by atoms with Gasteiger partial charge in [-0.05, 0) is 6.92 Å². The Hall–Kier alpha value is -1.93. The molecule has 2 aromatic rings. The second-order valence-electron chi connectivity index (χ2n) is 4.09. The minimum absolute atomic E-state index is 0.0169. The molecule has 0 bridgehead atoms. The largest absolute Gasteiger partial charge is 0.395 e. The number of methoxy groups -OCH3 is 1. The lowest BCUT2D eigenvalue weighted by atomic mass is 10.4. The van der Waals surface area contributed by atoms with E-state index in [-0.39, 0.29) is 12.3 Å². The lowest BCUT2D eigenvalue weighted by Gasteiger charge is -2.22. The number of hydrogen-bond donors (Lipinski definition) is 2. The number of aliphatic hydroxyl groups is 1. The summed E-state index contributed by atoms with van der Waals surface area (Å²) in [7, 11) is 1.62. The SMILES string of the molecule is COCCN(CCO)c1cc2n[nH]c(=O)n2c(C)n1. The lowest BCUT2D eigenvalue weighted by Crippen LogP contribution is -2.31. The third-order valence-electron chi connectivity index (χ3n) is 2.82. The summed E-state index contributed by atoms with van der Waals surface area (Å²) in [6, 6.07) is 1.70. The van der Waals surface area contributed by atoms with Crippen LogP contribution in [0.15, 0.2) is 10.9 Å². The van der Waals surface area contributed by atoms with Gasteiger partial charge in [0.2, 0.25) is 0 Å². The molecule has 19 heavy (non-hydrogen) atoms. The molecule has 0 spiro atoms. The molecule has 0 aliphatic carbocycles. The fourth-order valence-corrected chi connectivity index (χ4v) is 1.91. The summed E-state index contributed by atoms with van der Waals surface area (Å²) in [6.45, 7) is 3.33. The molecule has 2 heterocycles. The van der Waals surface area contributed by atoms with Gasteiger partial charge in [-0.25, -0.2) is 19.3 Å². The number of aromatic amines is 1. The van der Waals surface area contributed by atoms with Gasteiger partial charge >= 0.3 is 5.69 Å². The molecule has 104 valence electrons. The Bertz CT molecular complexity index is 606. The van der Waals surface area contributed by atoms with Crippen molar-refractivity contribution in [1.29, 1.82) is 0 Å². The van der Waals surface area contributed by atoms with Gasteiger partial charge in [-0.15, -0.1) is 0 Å². The van der Waals surface area contributed by atoms with Gasteiger partial charge in [0.15, 0.2) is 5.65 Å². The number of H-pyrrole nitrogens is 1. The van der Waals surface area contributed by atoms with Crippen LogP contribution < -0.4 is 10.6 Å². The van der Waals surface area contributed by atoms with Gasteiger partial charge in [-0.1, -0.05) is 0 Å². The molecule has 2 aromatic heterocycles. The summed E-state index contributed by atoms with van der Waals surface area (Å²) >= 11 is 0. The van der Waals surface area contributed by atoms with Crippen molar-refractivity contribution >= 4 is 11.5 Å². The van der Waals surface area contributed by atoms with Crippen LogP contribution in [0, 0.1) is 6.92 Å². The number of aromatic nitrogens is 4. The quantitative estimate of drug-likeness (QED) is 0.709. The van der Waals surface area contributed by atoms with Crippen LogP contribution in [0.1, 0.15) is 5.82 Å². The predicted molar refractivity (Wildman–Crippen MR) is 69.5 cm³/mol. The molecule has 0 unspecified atom stereocenters. The highest BCUT2D eigenvalue weighted by molar-refractivity contribution is 5.51. The van der Waals surface area contributed by atoms with E-state index in [4.69, 9.17) is 9.84 Å². The number of nitrogens with zero attached hydrogens (tertiary/aromatic N) is 4. The first-order valence-electron chi connectivity index (χ1n) is 5.97. The number of aliphatic hydroxyl groups excluding tert-OH is 1. The van der Waals surface area contributed by atoms with Crippen LogP contribution in [0.5, 0.6) is 0 Å². The van der Waals surface area contributed by atoms with Crippen LogP contribution in [-0.2, 0) is 4.74 Å². The number of hydrogen-bond acceptors (Lipinski definition) is 6. The van der Waals surface area contributed by atoms with Gasteiger partial charge in [0.05, 0.1) is 13.2 Å². The van der Waals surface area contributed by atoms with Crippen molar-refractivity contribution in [3.8, 4) is 0 Å². The van der Waals surface area contributed by atoms with Crippen molar-refractivity contribution in [2.45, 2.75) is 6.92 Å². The summed E-state index contributed by atoms with van der Waals surface area (Å²) in [5, 5.41) is 15.4. The van der Waals surface area contributed by atoms with E-state index in [1.54, 1.807) is 20.1 Å². The fourth-order valence-electron chi connectivity index (χ4n) is 1.91. The smallest absolute Gasteiger partial charge is 0.349 e. The Morgan fingerprint density at radius 3 is 3.00 bits per heavy atom. The molecule has 8 nitrogen and oxygen atoms in total. The Kier molecular flexibility index (Phi) is 4.13. The second kappa shape index (κ2) is 5.81. The first-order chi connectivity index (χ1) is 9.17. The number of aryl methyl sites for hydroxylation is 1. The maximum absolute atomic E-state index is 11.5. The van der Waals surface area contributed by atoms with Gasteiger partial charge in [0.25, 0.3) is 0 Å². The molecule has 0 aliphatic rings. The molecule has 0 fully saturated rings. The van der Waals surface area contributed by atoms with E-state index in [0.29, 0.717) is 37.0 Å². The Morgan fingerprint density at radius 2 is 2.32 bits per heavy atom. The molecule has 8 heteroatoms. The maximum atomic E-state index is 11.5. The molecular weight excluding hydrogens is 250 g/mol. The molecule has 0 aliphatic heterocycles. The highest BCUT2D eigenvalue weighted by atomic mass is 16.5. The molecular formula is C11H17N5O3. The molecule has 2 N–H and O–H groups in total. The van der Waals surface area contributed by atoms with Crippen molar-refractivity contribution in [3.63, 3.8) is 0 Å². The van der Waals surface area contributed by atoms with Gasteiger partial charge < -0.3 is 14.7 Å². The monoisotopic (exact) mass is 267 g/mol. The zero-order valence-corrected chi connectivity index (χ0v) is 11.0. The molecule has 0 saturated carbocycles. The number of ether oxygens (including phenoxy) is 1. The summed E-state index contributed by atoms with van der Waals surface area (Å²) in [4.78, 5) is 17.8. The molecule has 0 atom stereocenters. The first kappa shape index (κ1) is 13.5. The number of rotatable bonds is 6. The van der Waals surface area contributed by atoms with E-state index in [0.717, 1.165) is 0 Å². The zero-order valence-electron chi connectivity index (χ0n) is 11.0.